The van der Waals surface area contributed by atoms with Gasteiger partial charge in [-0.05, 0) is 37.1 Å². The maximum absolute atomic E-state index is 12.7. The molecule has 5 heteroatoms. The van der Waals surface area contributed by atoms with Crippen molar-refractivity contribution in [2.24, 2.45) is 0 Å². The molecular weight excluding hydrogens is 292 g/mol. The van der Waals surface area contributed by atoms with Crippen LogP contribution in [-0.4, -0.2) is 17.0 Å². The summed E-state index contributed by atoms with van der Waals surface area (Å²) in [6.45, 7) is 0.874. The minimum atomic E-state index is -0.0512. The van der Waals surface area contributed by atoms with Crippen molar-refractivity contribution < 1.29 is 13.6 Å². The number of carbonyl (C=O) groups is 1. The summed E-state index contributed by atoms with van der Waals surface area (Å²) in [5.41, 5.74) is 0. The molecule has 1 saturated carbocycles. The molecule has 1 aliphatic carbocycles. The Morgan fingerprint density at radius 2 is 1.57 bits per heavy atom. The minimum Gasteiger partial charge on any atom is -0.467 e. The van der Waals surface area contributed by atoms with E-state index < -0.39 is 0 Å². The van der Waals surface area contributed by atoms with Crippen LogP contribution in [0.3, 0.4) is 0 Å². The van der Waals surface area contributed by atoms with Crippen molar-refractivity contribution in [1.29, 1.82) is 0 Å². The second-order valence-electron chi connectivity index (χ2n) is 6.15. The molecule has 2 amide bonds. The first-order chi connectivity index (χ1) is 11.3. The molecule has 2 heterocycles. The molecule has 0 bridgehead atoms. The average molecular weight is 316 g/mol. The van der Waals surface area contributed by atoms with Gasteiger partial charge in [0, 0.05) is 6.04 Å². The van der Waals surface area contributed by atoms with Crippen LogP contribution in [0.4, 0.5) is 4.79 Å². The van der Waals surface area contributed by atoms with Gasteiger partial charge in [0.2, 0.25) is 0 Å². The Labute approximate surface area is 136 Å². The average Bonchev–Trinajstić information content (AvgIpc) is 3.18. The number of nitrogens with zero attached hydrogens (tertiary/aromatic N) is 1. The van der Waals surface area contributed by atoms with Gasteiger partial charge in [-0.1, -0.05) is 25.7 Å². The maximum atomic E-state index is 12.7. The predicted octanol–water partition coefficient (Wildman–Crippen LogP) is 4.31. The van der Waals surface area contributed by atoms with E-state index in [-0.39, 0.29) is 12.1 Å². The maximum Gasteiger partial charge on any atom is 0.318 e. The standard InChI is InChI=1S/C18H24N2O3/c21-18(19-15-7-3-1-2-4-8-15)20(13-16-9-5-11-22-16)14-17-10-6-12-23-17/h5-6,9-12,15H,1-4,7-8,13-14H2,(H,19,21). The molecule has 3 rings (SSSR count). The lowest BCUT2D eigenvalue weighted by Gasteiger charge is -2.25. The number of hydrogen-bond donors (Lipinski definition) is 1. The second-order valence-corrected chi connectivity index (χ2v) is 6.15. The Kier molecular flexibility index (Phi) is 5.40. The van der Waals surface area contributed by atoms with Gasteiger partial charge in [0.15, 0.2) is 0 Å². The zero-order valence-electron chi connectivity index (χ0n) is 13.4. The van der Waals surface area contributed by atoms with E-state index in [4.69, 9.17) is 8.83 Å². The largest absolute Gasteiger partial charge is 0.467 e. The predicted molar refractivity (Wildman–Crippen MR) is 86.7 cm³/mol. The molecule has 0 saturated heterocycles. The topological polar surface area (TPSA) is 58.6 Å². The van der Waals surface area contributed by atoms with Gasteiger partial charge in [-0.15, -0.1) is 0 Å². The number of furan rings is 2. The molecule has 0 spiro atoms. The van der Waals surface area contributed by atoms with Crippen molar-refractivity contribution in [3.05, 3.63) is 48.3 Å². The van der Waals surface area contributed by atoms with Crippen molar-refractivity contribution >= 4 is 6.03 Å². The van der Waals surface area contributed by atoms with Crippen LogP contribution in [0.15, 0.2) is 45.6 Å². The van der Waals surface area contributed by atoms with Crippen LogP contribution in [0.2, 0.25) is 0 Å². The Bertz CT molecular complexity index is 533. The second kappa shape index (κ2) is 7.90. The zero-order chi connectivity index (χ0) is 15.9. The molecule has 1 N–H and O–H groups in total. The SMILES string of the molecule is O=C(NC1CCCCCC1)N(Cc1ccco1)Cc1ccco1. The van der Waals surface area contributed by atoms with E-state index in [1.54, 1.807) is 17.4 Å². The Hall–Kier alpha value is -2.17. The van der Waals surface area contributed by atoms with E-state index in [0.29, 0.717) is 13.1 Å². The molecule has 1 fully saturated rings. The fourth-order valence-electron chi connectivity index (χ4n) is 3.07. The molecule has 0 aliphatic heterocycles. The number of rotatable bonds is 5. The highest BCUT2D eigenvalue weighted by atomic mass is 16.3. The smallest absolute Gasteiger partial charge is 0.318 e. The van der Waals surface area contributed by atoms with Crippen molar-refractivity contribution in [3.63, 3.8) is 0 Å². The van der Waals surface area contributed by atoms with E-state index in [9.17, 15) is 4.79 Å². The summed E-state index contributed by atoms with van der Waals surface area (Å²) < 4.78 is 10.8. The summed E-state index contributed by atoms with van der Waals surface area (Å²) in [6.07, 6.45) is 10.3. The molecular formula is C18H24N2O3. The van der Waals surface area contributed by atoms with Gasteiger partial charge in [-0.3, -0.25) is 0 Å². The Balaban J connectivity index is 1.64. The highest BCUT2D eigenvalue weighted by Crippen LogP contribution is 2.18. The van der Waals surface area contributed by atoms with E-state index in [1.807, 2.05) is 24.3 Å². The first-order valence-corrected chi connectivity index (χ1v) is 8.41. The fourth-order valence-corrected chi connectivity index (χ4v) is 3.07. The van der Waals surface area contributed by atoms with E-state index in [0.717, 1.165) is 24.4 Å². The van der Waals surface area contributed by atoms with Gasteiger partial charge in [0.05, 0.1) is 25.6 Å². The summed E-state index contributed by atoms with van der Waals surface area (Å²) in [4.78, 5) is 14.4. The van der Waals surface area contributed by atoms with Crippen LogP contribution in [0.5, 0.6) is 0 Å². The summed E-state index contributed by atoms with van der Waals surface area (Å²) in [7, 11) is 0. The van der Waals surface area contributed by atoms with E-state index in [2.05, 4.69) is 5.32 Å². The highest BCUT2D eigenvalue weighted by molar-refractivity contribution is 5.74. The number of carbonyl (C=O) groups excluding carboxylic acids is 1. The monoisotopic (exact) mass is 316 g/mol. The van der Waals surface area contributed by atoms with Crippen LogP contribution < -0.4 is 5.32 Å². The summed E-state index contributed by atoms with van der Waals surface area (Å²) in [5, 5.41) is 3.19. The van der Waals surface area contributed by atoms with Gasteiger partial charge in [-0.2, -0.15) is 0 Å². The quantitative estimate of drug-likeness (QED) is 0.836. The third-order valence-electron chi connectivity index (χ3n) is 4.32. The minimum absolute atomic E-state index is 0.0512. The van der Waals surface area contributed by atoms with E-state index in [1.165, 1.54) is 25.7 Å². The number of hydrogen-bond acceptors (Lipinski definition) is 3. The molecule has 23 heavy (non-hydrogen) atoms. The third-order valence-corrected chi connectivity index (χ3v) is 4.32. The lowest BCUT2D eigenvalue weighted by atomic mass is 10.1. The molecule has 5 nitrogen and oxygen atoms in total. The van der Waals surface area contributed by atoms with Crippen molar-refractivity contribution in [1.82, 2.24) is 10.2 Å². The van der Waals surface area contributed by atoms with Crippen molar-refractivity contribution in [2.45, 2.75) is 57.7 Å². The molecule has 2 aromatic rings. The van der Waals surface area contributed by atoms with Gasteiger partial charge in [0.25, 0.3) is 0 Å². The Morgan fingerprint density at radius 1 is 1.00 bits per heavy atom. The van der Waals surface area contributed by atoms with Crippen LogP contribution >= 0.6 is 0 Å². The fraction of sp³-hybridized carbons (Fsp3) is 0.500. The van der Waals surface area contributed by atoms with Crippen LogP contribution in [-0.2, 0) is 13.1 Å². The highest BCUT2D eigenvalue weighted by Gasteiger charge is 2.21. The molecule has 0 atom stereocenters. The molecule has 0 radical (unpaired) electrons. The number of urea groups is 1. The molecule has 0 unspecified atom stereocenters. The number of nitrogens with one attached hydrogen (secondary N) is 1. The van der Waals surface area contributed by atoms with Gasteiger partial charge in [0.1, 0.15) is 11.5 Å². The molecule has 1 aliphatic rings. The first-order valence-electron chi connectivity index (χ1n) is 8.41. The number of amides is 2. The van der Waals surface area contributed by atoms with Gasteiger partial charge >= 0.3 is 6.03 Å². The lowest BCUT2D eigenvalue weighted by molar-refractivity contribution is 0.177. The normalized spacial score (nSPS) is 16.0. The molecule has 124 valence electrons. The molecule has 0 aromatic carbocycles. The van der Waals surface area contributed by atoms with Crippen molar-refractivity contribution in [3.8, 4) is 0 Å². The lowest BCUT2D eigenvalue weighted by Crippen LogP contribution is -2.44. The summed E-state index contributed by atoms with van der Waals surface area (Å²) >= 11 is 0. The van der Waals surface area contributed by atoms with Crippen LogP contribution in [0.25, 0.3) is 0 Å². The van der Waals surface area contributed by atoms with Crippen LogP contribution in [0.1, 0.15) is 50.0 Å². The van der Waals surface area contributed by atoms with E-state index >= 15 is 0 Å². The van der Waals surface area contributed by atoms with Gasteiger partial charge in [-0.25, -0.2) is 4.79 Å². The van der Waals surface area contributed by atoms with Crippen LogP contribution in [0, 0.1) is 0 Å². The summed E-state index contributed by atoms with van der Waals surface area (Å²) in [5.74, 6) is 1.54. The molecule has 2 aromatic heterocycles. The zero-order valence-corrected chi connectivity index (χ0v) is 13.4. The van der Waals surface area contributed by atoms with Crippen molar-refractivity contribution in [2.75, 3.05) is 0 Å². The summed E-state index contributed by atoms with van der Waals surface area (Å²) in [6, 6.07) is 7.67. The first kappa shape index (κ1) is 15.7. The third kappa shape index (κ3) is 4.65. The van der Waals surface area contributed by atoms with Gasteiger partial charge < -0.3 is 19.1 Å². The Morgan fingerprint density at radius 3 is 2.04 bits per heavy atom.